The number of likely N-dealkylation sites (tertiary alicyclic amines) is 2. The highest BCUT2D eigenvalue weighted by Crippen LogP contribution is 2.42. The van der Waals surface area contributed by atoms with E-state index < -0.39 is 41.0 Å². The van der Waals surface area contributed by atoms with Gasteiger partial charge in [-0.05, 0) is 81.3 Å². The Balaban J connectivity index is 1.17. The fourth-order valence-electron chi connectivity index (χ4n) is 10.5. The lowest BCUT2D eigenvalue weighted by Gasteiger charge is -2.40. The minimum Gasteiger partial charge on any atom is -0.462 e. The van der Waals surface area contributed by atoms with Crippen LogP contribution in [-0.2, 0) is 43.2 Å². The minimum absolute atomic E-state index is 0.0120. The van der Waals surface area contributed by atoms with Crippen molar-refractivity contribution in [2.24, 2.45) is 23.2 Å². The number of cyclic esters (lactones) is 1. The average Bonchev–Trinajstić information content (AvgIpc) is 4.06. The summed E-state index contributed by atoms with van der Waals surface area (Å²) in [6, 6.07) is 8.07. The van der Waals surface area contributed by atoms with Crippen LogP contribution in [0.25, 0.3) is 33.4 Å². The molecule has 0 aliphatic carbocycles. The number of aliphatic hydroxyl groups is 1. The van der Waals surface area contributed by atoms with Crippen LogP contribution >= 0.6 is 11.3 Å². The number of carbonyl (C=O) groups is 4. The summed E-state index contributed by atoms with van der Waals surface area (Å²) < 4.78 is 14.1. The molecule has 0 spiro atoms. The number of nitrogens with one attached hydrogen (secondary N) is 2. The third-order valence-corrected chi connectivity index (χ3v) is 14.7. The number of amides is 4. The maximum Gasteiger partial charge on any atom is 0.355 e. The predicted octanol–water partition coefficient (Wildman–Crippen LogP) is 5.09. The molecule has 3 fully saturated rings. The van der Waals surface area contributed by atoms with Crippen LogP contribution in [0, 0.1) is 23.2 Å². The Morgan fingerprint density at radius 3 is 2.55 bits per heavy atom. The second kappa shape index (κ2) is 18.4. The van der Waals surface area contributed by atoms with Crippen molar-refractivity contribution in [1.82, 2.24) is 45.0 Å². The highest BCUT2D eigenvalue weighted by molar-refractivity contribution is 7.10. The number of hydrogen-bond acceptors (Lipinski definition) is 12. The van der Waals surface area contributed by atoms with Crippen molar-refractivity contribution < 1.29 is 33.8 Å². The molecule has 7 heterocycles. The van der Waals surface area contributed by atoms with Gasteiger partial charge in [0.15, 0.2) is 0 Å². The number of hydrogen-bond donors (Lipinski definition) is 3. The molecule has 4 amide bonds. The molecule has 0 radical (unpaired) electrons. The molecule has 4 aliphatic rings. The molecule has 1 aromatic carbocycles. The number of hydrazine groups is 1. The summed E-state index contributed by atoms with van der Waals surface area (Å²) in [5.41, 5.74) is 6.42. The number of nitrogens with zero attached hydrogens (tertiary/aromatic N) is 7. The van der Waals surface area contributed by atoms with Gasteiger partial charge in [0.1, 0.15) is 12.1 Å². The summed E-state index contributed by atoms with van der Waals surface area (Å²) >= 11 is 1.39. The molecule has 4 aliphatic heterocycles. The molecule has 350 valence electrons. The first-order valence-corrected chi connectivity index (χ1v) is 23.9. The molecule has 3 N–H and O–H groups in total. The lowest BCUT2D eigenvalue weighted by atomic mass is 9.84. The predicted molar refractivity (Wildman–Crippen MR) is 248 cm³/mol. The zero-order valence-electron chi connectivity index (χ0n) is 39.2. The van der Waals surface area contributed by atoms with Crippen molar-refractivity contribution in [3.8, 4) is 22.5 Å². The molecule has 8 rings (SSSR count). The van der Waals surface area contributed by atoms with E-state index in [4.69, 9.17) is 19.4 Å². The van der Waals surface area contributed by atoms with Crippen LogP contribution in [0.15, 0.2) is 41.9 Å². The van der Waals surface area contributed by atoms with Gasteiger partial charge in [-0.1, -0.05) is 33.8 Å². The zero-order valence-corrected chi connectivity index (χ0v) is 40.0. The van der Waals surface area contributed by atoms with Gasteiger partial charge in [-0.3, -0.25) is 19.6 Å². The first-order chi connectivity index (χ1) is 30.9. The van der Waals surface area contributed by atoms with E-state index in [-0.39, 0.29) is 44.0 Å². The summed E-state index contributed by atoms with van der Waals surface area (Å²) in [6.07, 6.45) is 2.34. The van der Waals surface area contributed by atoms with Gasteiger partial charge in [-0.25, -0.2) is 14.6 Å². The summed E-state index contributed by atoms with van der Waals surface area (Å²) in [7, 11) is 5.43. The molecule has 0 saturated carbocycles. The number of carbonyl (C=O) groups excluding carboxylic acids is 4. The summed E-state index contributed by atoms with van der Waals surface area (Å²) in [6.45, 7) is 15.9. The van der Waals surface area contributed by atoms with Gasteiger partial charge in [-0.2, -0.15) is 5.43 Å². The van der Waals surface area contributed by atoms with Gasteiger partial charge in [0.2, 0.25) is 11.6 Å². The molecule has 3 saturated heterocycles. The Hall–Kier alpha value is -4.94. The molecule has 3 aromatic heterocycles. The second-order valence-corrected chi connectivity index (χ2v) is 20.7. The molecule has 6 bridgehead atoms. The molecule has 65 heavy (non-hydrogen) atoms. The van der Waals surface area contributed by atoms with Gasteiger partial charge < -0.3 is 39.2 Å². The Kier molecular flexibility index (Phi) is 13.2. The molecular formula is C48H65N9O7S. The number of esters is 1. The summed E-state index contributed by atoms with van der Waals surface area (Å²) in [5, 5.41) is 19.7. The number of methoxy groups -OCH3 is 1. The van der Waals surface area contributed by atoms with Crippen LogP contribution in [-0.4, -0.2) is 142 Å². The zero-order chi connectivity index (χ0) is 46.5. The minimum atomic E-state index is -2.20. The molecule has 16 nitrogen and oxygen atoms in total. The summed E-state index contributed by atoms with van der Waals surface area (Å²) in [5.74, 6) is -1.40. The van der Waals surface area contributed by atoms with Gasteiger partial charge in [0.05, 0.1) is 34.8 Å². The maximum absolute atomic E-state index is 14.7. The molecule has 0 unspecified atom stereocenters. The second-order valence-electron chi connectivity index (χ2n) is 19.7. The van der Waals surface area contributed by atoms with Crippen LogP contribution in [0.5, 0.6) is 0 Å². The van der Waals surface area contributed by atoms with Gasteiger partial charge in [0.25, 0.3) is 5.91 Å². The van der Waals surface area contributed by atoms with Crippen molar-refractivity contribution in [3.63, 3.8) is 0 Å². The van der Waals surface area contributed by atoms with Crippen molar-refractivity contribution in [3.05, 3.63) is 58.2 Å². The van der Waals surface area contributed by atoms with E-state index in [1.54, 1.807) is 20.4 Å². The van der Waals surface area contributed by atoms with Crippen LogP contribution in [0.3, 0.4) is 0 Å². The quantitative estimate of drug-likeness (QED) is 0.201. The van der Waals surface area contributed by atoms with Crippen molar-refractivity contribution >= 4 is 46.1 Å². The van der Waals surface area contributed by atoms with E-state index in [0.717, 1.165) is 57.8 Å². The van der Waals surface area contributed by atoms with E-state index in [9.17, 15) is 24.3 Å². The van der Waals surface area contributed by atoms with E-state index in [1.165, 1.54) is 21.2 Å². The van der Waals surface area contributed by atoms with Crippen LogP contribution in [0.1, 0.15) is 76.8 Å². The van der Waals surface area contributed by atoms with Gasteiger partial charge in [0, 0.05) is 105 Å². The number of likely N-dealkylation sites (N-methyl/N-ethyl adjacent to an activating group) is 1. The number of fused-ring (bicyclic) bond motifs is 7. The van der Waals surface area contributed by atoms with Crippen LogP contribution < -0.4 is 10.7 Å². The lowest BCUT2D eigenvalue weighted by Crippen LogP contribution is -2.67. The van der Waals surface area contributed by atoms with Gasteiger partial charge >= 0.3 is 12.0 Å². The largest absolute Gasteiger partial charge is 0.462 e. The number of rotatable bonds is 8. The number of urea groups is 1. The first-order valence-electron chi connectivity index (χ1n) is 23.0. The molecular weight excluding hydrogens is 847 g/mol. The number of thiazole rings is 1. The fraction of sp³-hybridized carbons (Fsp3) is 0.583. The van der Waals surface area contributed by atoms with E-state index >= 15 is 0 Å². The lowest BCUT2D eigenvalue weighted by molar-refractivity contribution is -0.189. The molecule has 4 aromatic rings. The standard InChI is InChI=1S/C48H65N9O7S/c1-10-56-38-15-14-30-19-34(38)35(42(56)33-13-11-17-49-40(33)29(4)63-9)21-47(5,6)27-64-45(60)48(62)16-12-18-57(52-48)44(59)36(20-39-50-37(30)26-65-39)51-43(58)41(28(2)3)54(8)46(61)55-24-31-22-53(7)23-32(31)25-55/h11,13-15,17,19,26,28-29,31-32,36,41,52,62H,10,12,16,18,20-25,27H2,1-9H3,(H,51,58)/t29-,31-,32+,36-,41-,48-/m0/s1. The first kappa shape index (κ1) is 46.6. The Morgan fingerprint density at radius 1 is 1.12 bits per heavy atom. The highest BCUT2D eigenvalue weighted by Gasteiger charge is 2.47. The molecule has 6 atom stereocenters. The Labute approximate surface area is 385 Å². The highest BCUT2D eigenvalue weighted by atomic mass is 32.1. The third-order valence-electron chi connectivity index (χ3n) is 13.8. The van der Waals surface area contributed by atoms with E-state index in [2.05, 4.69) is 58.4 Å². The number of pyridine rings is 1. The van der Waals surface area contributed by atoms with E-state index in [0.29, 0.717) is 49.3 Å². The fourth-order valence-corrected chi connectivity index (χ4v) is 11.4. The smallest absolute Gasteiger partial charge is 0.355 e. The summed E-state index contributed by atoms with van der Waals surface area (Å²) in [4.78, 5) is 72.6. The normalized spacial score (nSPS) is 24.8. The number of aromatic nitrogens is 3. The Morgan fingerprint density at radius 2 is 1.86 bits per heavy atom. The van der Waals surface area contributed by atoms with Crippen LogP contribution in [0.2, 0.25) is 0 Å². The van der Waals surface area contributed by atoms with Crippen molar-refractivity contribution in [1.29, 1.82) is 0 Å². The number of aryl methyl sites for hydroxylation is 1. The SMILES string of the molecule is CCn1c(-c2cccnc2[C@H](C)OC)c2c3cc(ccc31)-c1csc(n1)C[C@H](NC(=O)[C@H](C(C)C)N(C)C(=O)N1C[C@H]3CN(C)C[C@H]3C1)C(=O)N1CCC[C@@](O)(N1)C(=O)OCC(C)(C)C2. The van der Waals surface area contributed by atoms with Crippen LogP contribution in [0.4, 0.5) is 4.79 Å². The number of ether oxygens (including phenoxy) is 2. The topological polar surface area (TPSA) is 175 Å². The average molecular weight is 912 g/mol. The molecule has 17 heteroatoms. The number of benzene rings is 1. The maximum atomic E-state index is 14.7. The third kappa shape index (κ3) is 9.14. The van der Waals surface area contributed by atoms with E-state index in [1.807, 2.05) is 51.0 Å². The Bertz CT molecular complexity index is 2440. The van der Waals surface area contributed by atoms with Gasteiger partial charge in [-0.15, -0.1) is 11.3 Å². The monoisotopic (exact) mass is 911 g/mol. The van der Waals surface area contributed by atoms with Crippen molar-refractivity contribution in [2.45, 2.75) is 97.7 Å². The van der Waals surface area contributed by atoms with Crippen molar-refractivity contribution in [2.75, 3.05) is 60.5 Å².